The molecular formula is C36H40Cl2N6O4. The van der Waals surface area contributed by atoms with Crippen molar-refractivity contribution in [1.29, 1.82) is 0 Å². The third kappa shape index (κ3) is 9.25. The number of likely N-dealkylation sites (N-methyl/N-ethyl adjacent to an activating group) is 2. The monoisotopic (exact) mass is 690 g/mol. The Morgan fingerprint density at radius 1 is 0.917 bits per heavy atom. The fourth-order valence-electron chi connectivity index (χ4n) is 4.83. The van der Waals surface area contributed by atoms with Crippen molar-refractivity contribution in [2.24, 2.45) is 0 Å². The molecule has 0 aliphatic rings. The van der Waals surface area contributed by atoms with Crippen LogP contribution < -0.4 is 25.2 Å². The van der Waals surface area contributed by atoms with Crippen LogP contribution in [0.4, 0.5) is 11.4 Å². The number of hydrogen-bond donors (Lipinski definition) is 2. The van der Waals surface area contributed by atoms with E-state index in [-0.39, 0.29) is 30.0 Å². The van der Waals surface area contributed by atoms with Crippen molar-refractivity contribution < 1.29 is 19.1 Å². The number of aromatic nitrogens is 1. The highest BCUT2D eigenvalue weighted by atomic mass is 35.5. The van der Waals surface area contributed by atoms with Gasteiger partial charge in [0.05, 0.1) is 17.3 Å². The van der Waals surface area contributed by atoms with Gasteiger partial charge >= 0.3 is 0 Å². The first-order valence-corrected chi connectivity index (χ1v) is 16.0. The number of rotatable bonds is 13. The summed E-state index contributed by atoms with van der Waals surface area (Å²) in [5.41, 5.74) is 4.79. The summed E-state index contributed by atoms with van der Waals surface area (Å²) in [6.07, 6.45) is 2.93. The number of para-hydroxylation sites is 1. The molecule has 0 aliphatic heterocycles. The highest BCUT2D eigenvalue weighted by Gasteiger charge is 2.20. The fraction of sp³-hybridized carbons (Fsp3) is 0.278. The predicted molar refractivity (Wildman–Crippen MR) is 194 cm³/mol. The Kier molecular flexibility index (Phi) is 12.4. The van der Waals surface area contributed by atoms with E-state index in [0.29, 0.717) is 34.1 Å². The molecule has 0 atom stereocenters. The third-order valence-electron chi connectivity index (χ3n) is 7.52. The van der Waals surface area contributed by atoms with E-state index in [1.165, 1.54) is 11.0 Å². The Morgan fingerprint density at radius 3 is 2.33 bits per heavy atom. The molecule has 3 aromatic carbocycles. The van der Waals surface area contributed by atoms with Gasteiger partial charge in [0.15, 0.2) is 0 Å². The maximum atomic E-state index is 13.0. The molecule has 12 heteroatoms. The first-order valence-electron chi connectivity index (χ1n) is 15.3. The van der Waals surface area contributed by atoms with Crippen LogP contribution in [0, 0.1) is 6.92 Å². The number of carbonyl (C=O) groups excluding carboxylic acids is 3. The Bertz CT molecular complexity index is 1830. The van der Waals surface area contributed by atoms with Crippen molar-refractivity contribution in [3.8, 4) is 5.75 Å². The molecule has 0 bridgehead atoms. The van der Waals surface area contributed by atoms with E-state index in [2.05, 4.69) is 10.6 Å². The van der Waals surface area contributed by atoms with Crippen LogP contribution in [0.2, 0.25) is 10.0 Å². The SMILES string of the molecule is Cc1cc(N(C)C)c2cccc(OCc3c(Cl)ccc(N(C)C(=O)CNC(=O)/C=C/c4ccc(C(=O)NCCN(C)C)cc4)c3Cl)c2n1. The molecule has 0 spiro atoms. The van der Waals surface area contributed by atoms with Crippen LogP contribution >= 0.6 is 23.2 Å². The van der Waals surface area contributed by atoms with E-state index in [9.17, 15) is 14.4 Å². The van der Waals surface area contributed by atoms with Crippen LogP contribution in [0.3, 0.4) is 0 Å². The van der Waals surface area contributed by atoms with Crippen molar-refractivity contribution in [2.75, 3.05) is 64.7 Å². The van der Waals surface area contributed by atoms with Crippen LogP contribution in [-0.4, -0.2) is 82.5 Å². The number of aryl methyl sites for hydroxylation is 1. The molecule has 0 fully saturated rings. The summed E-state index contributed by atoms with van der Waals surface area (Å²) in [7, 11) is 9.40. The third-order valence-corrected chi connectivity index (χ3v) is 8.30. The Labute approximate surface area is 291 Å². The van der Waals surface area contributed by atoms with E-state index in [1.807, 2.05) is 69.2 Å². The Hall–Kier alpha value is -4.64. The lowest BCUT2D eigenvalue weighted by molar-refractivity contribution is -0.122. The summed E-state index contributed by atoms with van der Waals surface area (Å²) < 4.78 is 6.20. The lowest BCUT2D eigenvalue weighted by atomic mass is 10.1. The van der Waals surface area contributed by atoms with Gasteiger partial charge in [0.25, 0.3) is 5.91 Å². The van der Waals surface area contributed by atoms with Crippen molar-refractivity contribution in [1.82, 2.24) is 20.5 Å². The fourth-order valence-corrected chi connectivity index (χ4v) is 5.44. The maximum absolute atomic E-state index is 13.0. The molecule has 1 aromatic heterocycles. The number of halogens is 2. The second-order valence-electron chi connectivity index (χ2n) is 11.7. The van der Waals surface area contributed by atoms with Crippen molar-refractivity contribution >= 4 is 69.3 Å². The van der Waals surface area contributed by atoms with E-state index < -0.39 is 5.91 Å². The van der Waals surface area contributed by atoms with E-state index in [4.69, 9.17) is 32.9 Å². The van der Waals surface area contributed by atoms with Gasteiger partial charge < -0.3 is 30.1 Å². The number of ether oxygens (including phenoxy) is 1. The summed E-state index contributed by atoms with van der Waals surface area (Å²) in [6, 6.07) is 17.9. The number of benzene rings is 3. The number of nitrogens with one attached hydrogen (secondary N) is 2. The first-order chi connectivity index (χ1) is 22.8. The first kappa shape index (κ1) is 36.2. The molecule has 48 heavy (non-hydrogen) atoms. The van der Waals surface area contributed by atoms with Crippen molar-refractivity contribution in [2.45, 2.75) is 13.5 Å². The van der Waals surface area contributed by atoms with Gasteiger partial charge in [-0.3, -0.25) is 14.4 Å². The largest absolute Gasteiger partial charge is 0.487 e. The predicted octanol–water partition coefficient (Wildman–Crippen LogP) is 5.58. The van der Waals surface area contributed by atoms with Crippen LogP contribution in [-0.2, 0) is 16.2 Å². The average Bonchev–Trinajstić information content (AvgIpc) is 3.05. The molecule has 0 saturated heterocycles. The molecule has 3 amide bonds. The van der Waals surface area contributed by atoms with Crippen molar-refractivity contribution in [3.63, 3.8) is 0 Å². The highest BCUT2D eigenvalue weighted by Crippen LogP contribution is 2.36. The zero-order valence-corrected chi connectivity index (χ0v) is 29.4. The molecule has 0 radical (unpaired) electrons. The second kappa shape index (κ2) is 16.5. The number of carbonyl (C=O) groups is 3. The molecule has 1 heterocycles. The Balaban J connectivity index is 1.36. The molecule has 4 aromatic rings. The summed E-state index contributed by atoms with van der Waals surface area (Å²) in [4.78, 5) is 47.9. The van der Waals surface area contributed by atoms with Gasteiger partial charge in [0.2, 0.25) is 11.8 Å². The summed E-state index contributed by atoms with van der Waals surface area (Å²) in [5.74, 6) is -0.421. The number of nitrogens with zero attached hydrogens (tertiary/aromatic N) is 4. The molecule has 0 unspecified atom stereocenters. The quantitative estimate of drug-likeness (QED) is 0.177. The molecule has 4 rings (SSSR count). The summed E-state index contributed by atoms with van der Waals surface area (Å²) >= 11 is 13.3. The molecule has 10 nitrogen and oxygen atoms in total. The molecule has 252 valence electrons. The second-order valence-corrected chi connectivity index (χ2v) is 12.4. The average molecular weight is 692 g/mol. The van der Waals surface area contributed by atoms with Gasteiger partial charge in [-0.05, 0) is 69.1 Å². The van der Waals surface area contributed by atoms with Gasteiger partial charge in [0.1, 0.15) is 17.9 Å². The number of anilines is 2. The minimum Gasteiger partial charge on any atom is -0.487 e. The van der Waals surface area contributed by atoms with Gasteiger partial charge in [-0.25, -0.2) is 4.98 Å². The minimum atomic E-state index is -0.449. The molecule has 0 saturated carbocycles. The zero-order chi connectivity index (χ0) is 35.0. The van der Waals surface area contributed by atoms with Gasteiger partial charge in [-0.1, -0.05) is 47.5 Å². The zero-order valence-electron chi connectivity index (χ0n) is 27.9. The summed E-state index contributed by atoms with van der Waals surface area (Å²) in [6.45, 7) is 3.01. The number of hydrogen-bond acceptors (Lipinski definition) is 7. The van der Waals surface area contributed by atoms with E-state index in [0.717, 1.165) is 34.4 Å². The normalized spacial score (nSPS) is 11.2. The van der Waals surface area contributed by atoms with E-state index >= 15 is 0 Å². The van der Waals surface area contributed by atoms with Crippen LogP contribution in [0.5, 0.6) is 5.75 Å². The van der Waals surface area contributed by atoms with Crippen LogP contribution in [0.1, 0.15) is 27.2 Å². The lowest BCUT2D eigenvalue weighted by Gasteiger charge is -2.21. The van der Waals surface area contributed by atoms with Gasteiger partial charge in [0, 0.05) is 73.2 Å². The number of fused-ring (bicyclic) bond motifs is 1. The number of pyridine rings is 1. The van der Waals surface area contributed by atoms with Gasteiger partial charge in [-0.2, -0.15) is 0 Å². The number of amides is 3. The Morgan fingerprint density at radius 2 is 1.65 bits per heavy atom. The molecule has 0 aliphatic carbocycles. The van der Waals surface area contributed by atoms with Gasteiger partial charge in [-0.15, -0.1) is 0 Å². The van der Waals surface area contributed by atoms with Crippen molar-refractivity contribution in [3.05, 3.63) is 99.2 Å². The summed E-state index contributed by atoms with van der Waals surface area (Å²) in [5, 5.41) is 7.06. The topological polar surface area (TPSA) is 107 Å². The van der Waals surface area contributed by atoms with Crippen LogP contribution in [0.15, 0.2) is 66.7 Å². The smallest absolute Gasteiger partial charge is 0.251 e. The standard InChI is InChI=1S/C36H40Cl2N6O4/c1-23-20-30(43(4)5)26-8-7-9-31(35(26)41-23)48-22-27-28(37)15-16-29(34(27)38)44(6)33(46)21-40-32(45)17-12-24-10-13-25(14-11-24)36(47)39-18-19-42(2)3/h7-17,20H,18-19,21-22H2,1-6H3,(H,39,47)(H,40,45)/b17-12+. The van der Waals surface area contributed by atoms with Crippen LogP contribution in [0.25, 0.3) is 17.0 Å². The highest BCUT2D eigenvalue weighted by molar-refractivity contribution is 6.38. The molecule has 2 N–H and O–H groups in total. The molecular weight excluding hydrogens is 651 g/mol. The minimum absolute atomic E-state index is 0.0448. The van der Waals surface area contributed by atoms with E-state index in [1.54, 1.807) is 49.5 Å². The maximum Gasteiger partial charge on any atom is 0.251 e. The lowest BCUT2D eigenvalue weighted by Crippen LogP contribution is -2.37.